The van der Waals surface area contributed by atoms with E-state index in [0.29, 0.717) is 5.92 Å². The van der Waals surface area contributed by atoms with Gasteiger partial charge in [0.2, 0.25) is 0 Å². The number of hydrogen-bond acceptors (Lipinski definition) is 4. The molecule has 3 aromatic rings. The predicted octanol–water partition coefficient (Wildman–Crippen LogP) is 7.27. The van der Waals surface area contributed by atoms with Gasteiger partial charge in [0.1, 0.15) is 11.5 Å². The molecule has 0 heterocycles. The van der Waals surface area contributed by atoms with Gasteiger partial charge in [-0.25, -0.2) is 4.99 Å². The van der Waals surface area contributed by atoms with Crippen LogP contribution in [0.2, 0.25) is 0 Å². The summed E-state index contributed by atoms with van der Waals surface area (Å²) < 4.78 is 10.7. The lowest BCUT2D eigenvalue weighted by atomic mass is 10.0. The van der Waals surface area contributed by atoms with Crippen LogP contribution >= 0.6 is 11.8 Å². The predicted molar refractivity (Wildman–Crippen MR) is 141 cm³/mol. The van der Waals surface area contributed by atoms with Crippen molar-refractivity contribution >= 4 is 22.6 Å². The van der Waals surface area contributed by atoms with Crippen LogP contribution < -0.4 is 9.47 Å². The summed E-state index contributed by atoms with van der Waals surface area (Å²) in [6.07, 6.45) is 0. The number of rotatable bonds is 9. The summed E-state index contributed by atoms with van der Waals surface area (Å²) in [5.74, 6) is 3.18. The third-order valence-corrected chi connectivity index (χ3v) is 6.29. The van der Waals surface area contributed by atoms with Gasteiger partial charge in [-0.15, -0.1) is 0 Å². The number of hydrogen-bond donors (Lipinski definition) is 0. The maximum atomic E-state index is 5.33. The lowest BCUT2D eigenvalue weighted by molar-refractivity contribution is 0.405. The Morgan fingerprint density at radius 1 is 0.788 bits per heavy atom. The van der Waals surface area contributed by atoms with E-state index in [1.54, 1.807) is 26.0 Å². The maximum Gasteiger partial charge on any atom is 0.164 e. The van der Waals surface area contributed by atoms with Crippen molar-refractivity contribution in [2.24, 2.45) is 4.99 Å². The molecule has 0 aromatic heterocycles. The van der Waals surface area contributed by atoms with Crippen LogP contribution in [0.15, 0.2) is 77.8 Å². The van der Waals surface area contributed by atoms with Gasteiger partial charge in [-0.3, -0.25) is 0 Å². The third-order valence-electron chi connectivity index (χ3n) is 5.39. The molecule has 33 heavy (non-hydrogen) atoms. The summed E-state index contributed by atoms with van der Waals surface area (Å²) in [4.78, 5) is 7.41. The van der Waals surface area contributed by atoms with Crippen LogP contribution in [0.1, 0.15) is 43.4 Å². The van der Waals surface area contributed by atoms with Crippen molar-refractivity contribution in [2.75, 3.05) is 20.0 Å². The lowest BCUT2D eigenvalue weighted by Crippen LogP contribution is -2.28. The molecule has 4 nitrogen and oxygen atoms in total. The number of benzene rings is 3. The molecule has 3 rings (SSSR count). The van der Waals surface area contributed by atoms with Crippen molar-refractivity contribution in [3.05, 3.63) is 89.5 Å². The number of methoxy groups -OCH3 is 2. The molecule has 0 N–H and O–H groups in total. The van der Waals surface area contributed by atoms with Gasteiger partial charge < -0.3 is 14.4 Å². The molecule has 5 heteroatoms. The first-order chi connectivity index (χ1) is 16.0. The van der Waals surface area contributed by atoms with Gasteiger partial charge in [0, 0.05) is 13.1 Å². The van der Waals surface area contributed by atoms with Gasteiger partial charge in [0.05, 0.1) is 19.9 Å². The molecule has 0 spiro atoms. The van der Waals surface area contributed by atoms with E-state index in [-0.39, 0.29) is 0 Å². The molecule has 0 aliphatic rings. The fraction of sp³-hybridized carbons (Fsp3) is 0.321. The van der Waals surface area contributed by atoms with Crippen LogP contribution in [0.4, 0.5) is 5.69 Å². The monoisotopic (exact) mass is 462 g/mol. The second-order valence-electron chi connectivity index (χ2n) is 8.13. The van der Waals surface area contributed by atoms with E-state index < -0.39 is 0 Å². The van der Waals surface area contributed by atoms with Crippen molar-refractivity contribution in [2.45, 2.75) is 39.8 Å². The van der Waals surface area contributed by atoms with Gasteiger partial charge in [-0.05, 0) is 64.8 Å². The summed E-state index contributed by atoms with van der Waals surface area (Å²) in [5.41, 5.74) is 4.73. The Morgan fingerprint density at radius 2 is 1.27 bits per heavy atom. The molecule has 0 amide bonds. The van der Waals surface area contributed by atoms with E-state index in [4.69, 9.17) is 14.5 Å². The first-order valence-electron chi connectivity index (χ1n) is 11.3. The van der Waals surface area contributed by atoms with Gasteiger partial charge in [-0.2, -0.15) is 0 Å². The molecule has 0 aliphatic heterocycles. The second kappa shape index (κ2) is 12.4. The van der Waals surface area contributed by atoms with Crippen LogP contribution in [0.3, 0.4) is 0 Å². The van der Waals surface area contributed by atoms with E-state index >= 15 is 0 Å². The topological polar surface area (TPSA) is 34.1 Å². The number of nitrogens with zero attached hydrogens (tertiary/aromatic N) is 2. The largest absolute Gasteiger partial charge is 0.497 e. The minimum Gasteiger partial charge on any atom is -0.497 e. The smallest absolute Gasteiger partial charge is 0.164 e. The summed E-state index contributed by atoms with van der Waals surface area (Å²) in [6.45, 7) is 8.10. The molecule has 0 atom stereocenters. The zero-order valence-electron chi connectivity index (χ0n) is 20.2. The molecule has 3 aromatic carbocycles. The lowest BCUT2D eigenvalue weighted by Gasteiger charge is -2.26. The van der Waals surface area contributed by atoms with Crippen molar-refractivity contribution in [1.82, 2.24) is 4.90 Å². The minimum atomic E-state index is 0.508. The van der Waals surface area contributed by atoms with Crippen LogP contribution in [-0.4, -0.2) is 30.0 Å². The summed E-state index contributed by atoms with van der Waals surface area (Å²) in [5, 5.41) is 1.02. The van der Waals surface area contributed by atoms with Crippen LogP contribution in [0, 0.1) is 0 Å². The third kappa shape index (κ3) is 7.29. The summed E-state index contributed by atoms with van der Waals surface area (Å²) >= 11 is 1.77. The van der Waals surface area contributed by atoms with Gasteiger partial charge in [0.15, 0.2) is 5.17 Å². The van der Waals surface area contributed by atoms with Crippen molar-refractivity contribution < 1.29 is 9.47 Å². The molecule has 0 aliphatic carbocycles. The first-order valence-corrected chi connectivity index (χ1v) is 12.3. The fourth-order valence-corrected chi connectivity index (χ4v) is 4.20. The van der Waals surface area contributed by atoms with Gasteiger partial charge in [-0.1, -0.05) is 68.9 Å². The number of aliphatic imine (C=N–C) groups is 1. The molecule has 0 unspecified atom stereocenters. The number of ether oxygens (including phenoxy) is 2. The van der Waals surface area contributed by atoms with Crippen molar-refractivity contribution in [3.63, 3.8) is 0 Å². The minimum absolute atomic E-state index is 0.508. The highest BCUT2D eigenvalue weighted by molar-refractivity contribution is 8.13. The second-order valence-corrected chi connectivity index (χ2v) is 9.36. The number of amidine groups is 1. The zero-order chi connectivity index (χ0) is 23.6. The Kier molecular flexibility index (Phi) is 9.25. The Hall–Kier alpha value is -2.92. The SMILES string of the molecule is CCSC(=Nc1ccc(C(C)C)cc1)N(Cc1ccc(OC)cc1)Cc1ccc(OC)cc1. The highest BCUT2D eigenvalue weighted by atomic mass is 32.2. The zero-order valence-corrected chi connectivity index (χ0v) is 21.1. The van der Waals surface area contributed by atoms with E-state index in [1.165, 1.54) is 16.7 Å². The van der Waals surface area contributed by atoms with Gasteiger partial charge in [0.25, 0.3) is 0 Å². The Morgan fingerprint density at radius 3 is 1.67 bits per heavy atom. The maximum absolute atomic E-state index is 5.33. The summed E-state index contributed by atoms with van der Waals surface area (Å²) in [6, 6.07) is 25.1. The molecule has 174 valence electrons. The first kappa shape index (κ1) is 24.7. The molecule has 0 saturated carbocycles. The molecule has 0 radical (unpaired) electrons. The fourth-order valence-electron chi connectivity index (χ4n) is 3.46. The van der Waals surface area contributed by atoms with Crippen LogP contribution in [0.25, 0.3) is 0 Å². The average molecular weight is 463 g/mol. The highest BCUT2D eigenvalue weighted by Crippen LogP contribution is 2.25. The molecular weight excluding hydrogens is 428 g/mol. The summed E-state index contributed by atoms with van der Waals surface area (Å²) in [7, 11) is 3.39. The Balaban J connectivity index is 1.92. The van der Waals surface area contributed by atoms with E-state index in [9.17, 15) is 0 Å². The molecule has 0 saturated heterocycles. The Bertz CT molecular complexity index is 964. The molecule has 0 bridgehead atoms. The normalized spacial score (nSPS) is 11.5. The van der Waals surface area contributed by atoms with Crippen molar-refractivity contribution in [1.29, 1.82) is 0 Å². The number of thioether (sulfide) groups is 1. The van der Waals surface area contributed by atoms with Gasteiger partial charge >= 0.3 is 0 Å². The molecule has 0 fully saturated rings. The quantitative estimate of drug-likeness (QED) is 0.247. The average Bonchev–Trinajstić information content (AvgIpc) is 2.84. The van der Waals surface area contributed by atoms with Crippen LogP contribution in [-0.2, 0) is 13.1 Å². The van der Waals surface area contributed by atoms with Crippen molar-refractivity contribution in [3.8, 4) is 11.5 Å². The highest BCUT2D eigenvalue weighted by Gasteiger charge is 2.14. The van der Waals surface area contributed by atoms with E-state index in [0.717, 1.165) is 41.2 Å². The Labute approximate surface area is 202 Å². The molecular formula is C28H34N2O2S. The standard InChI is InChI=1S/C28H34N2O2S/c1-6-33-28(29-25-13-11-24(12-14-25)21(2)3)30(19-22-7-15-26(31-4)16-8-22)20-23-9-17-27(32-5)18-10-23/h7-18,21H,6,19-20H2,1-5H3. The van der Waals surface area contributed by atoms with Crippen LogP contribution in [0.5, 0.6) is 11.5 Å². The van der Waals surface area contributed by atoms with E-state index in [2.05, 4.69) is 74.2 Å². The van der Waals surface area contributed by atoms with E-state index in [1.807, 2.05) is 24.3 Å².